The lowest BCUT2D eigenvalue weighted by molar-refractivity contribution is -0.390. The van der Waals surface area contributed by atoms with Crippen LogP contribution in [0.25, 0.3) is 20.7 Å². The smallest absolute Gasteiger partial charge is 0.406 e. The van der Waals surface area contributed by atoms with Crippen LogP contribution in [0, 0.1) is 17.0 Å². The lowest BCUT2D eigenvalue weighted by atomic mass is 10.2. The summed E-state index contributed by atoms with van der Waals surface area (Å²) in [4.78, 5) is 25.0. The van der Waals surface area contributed by atoms with Gasteiger partial charge in [0.1, 0.15) is 16.9 Å². The van der Waals surface area contributed by atoms with Gasteiger partial charge in [-0.3, -0.25) is 0 Å². The molecule has 124 valence electrons. The highest BCUT2D eigenvalue weighted by Gasteiger charge is 2.21. The minimum absolute atomic E-state index is 0.0511. The molecule has 0 aliphatic rings. The summed E-state index contributed by atoms with van der Waals surface area (Å²) in [6.45, 7) is 1.76. The van der Waals surface area contributed by atoms with E-state index in [2.05, 4.69) is 15.0 Å². The van der Waals surface area contributed by atoms with E-state index in [0.29, 0.717) is 11.7 Å². The molecule has 4 aromatic heterocycles. The number of nitrogens with zero attached hydrogens (tertiary/aromatic N) is 4. The molecule has 4 aromatic rings. The monoisotopic (exact) mass is 370 g/mol. The number of rotatable bonds is 4. The van der Waals surface area contributed by atoms with Gasteiger partial charge in [0.2, 0.25) is 11.6 Å². The number of ether oxygens (including phenoxy) is 1. The van der Waals surface area contributed by atoms with Gasteiger partial charge >= 0.3 is 5.82 Å². The van der Waals surface area contributed by atoms with Gasteiger partial charge in [-0.2, -0.15) is 4.98 Å². The maximum Gasteiger partial charge on any atom is 0.406 e. The molecular formula is C16H10N4O3S2. The Morgan fingerprint density at radius 3 is 2.84 bits per heavy atom. The standard InChI is InChI=1S/C16H10N4O3S2/c1-9-18-15(23-11-4-2-6-17-14(11)20(21)22)13-10(8-25-16(13)19-9)12-5-3-7-24-12/h2-8H,1H3. The van der Waals surface area contributed by atoms with Gasteiger partial charge in [0.05, 0.1) is 5.39 Å². The van der Waals surface area contributed by atoms with Gasteiger partial charge in [-0.25, -0.2) is 4.98 Å². The van der Waals surface area contributed by atoms with Crippen molar-refractivity contribution in [2.45, 2.75) is 6.92 Å². The fourth-order valence-corrected chi connectivity index (χ4v) is 4.20. The fraction of sp³-hybridized carbons (Fsp3) is 0.0625. The summed E-state index contributed by atoms with van der Waals surface area (Å²) < 4.78 is 5.82. The number of aryl methyl sites for hydroxylation is 1. The Morgan fingerprint density at radius 1 is 1.20 bits per heavy atom. The van der Waals surface area contributed by atoms with Crippen molar-refractivity contribution < 1.29 is 9.66 Å². The summed E-state index contributed by atoms with van der Waals surface area (Å²) in [7, 11) is 0. The van der Waals surface area contributed by atoms with Crippen LogP contribution in [-0.2, 0) is 0 Å². The van der Waals surface area contributed by atoms with Gasteiger partial charge in [-0.15, -0.1) is 22.7 Å². The Kier molecular flexibility index (Phi) is 3.86. The van der Waals surface area contributed by atoms with Crippen LogP contribution in [0.5, 0.6) is 11.6 Å². The van der Waals surface area contributed by atoms with Gasteiger partial charge < -0.3 is 14.9 Å². The van der Waals surface area contributed by atoms with Crippen LogP contribution in [0.2, 0.25) is 0 Å². The van der Waals surface area contributed by atoms with Crippen molar-refractivity contribution in [1.82, 2.24) is 15.0 Å². The molecule has 0 saturated carbocycles. The van der Waals surface area contributed by atoms with Crippen molar-refractivity contribution in [3.8, 4) is 22.1 Å². The first-order valence-corrected chi connectivity index (χ1v) is 8.96. The first-order chi connectivity index (χ1) is 12.1. The second kappa shape index (κ2) is 6.19. The van der Waals surface area contributed by atoms with Crippen LogP contribution >= 0.6 is 22.7 Å². The maximum atomic E-state index is 11.2. The third-order valence-electron chi connectivity index (χ3n) is 3.43. The molecule has 7 nitrogen and oxygen atoms in total. The van der Waals surface area contributed by atoms with E-state index in [4.69, 9.17) is 4.74 Å². The van der Waals surface area contributed by atoms with Gasteiger partial charge in [0.25, 0.3) is 0 Å². The summed E-state index contributed by atoms with van der Waals surface area (Å²) in [5.74, 6) is 0.534. The van der Waals surface area contributed by atoms with Crippen LogP contribution in [0.15, 0.2) is 41.2 Å². The summed E-state index contributed by atoms with van der Waals surface area (Å²) in [6, 6.07) is 7.06. The Bertz CT molecular complexity index is 1080. The molecule has 0 aliphatic heterocycles. The Hall–Kier alpha value is -2.91. The predicted molar refractivity (Wildman–Crippen MR) is 96.4 cm³/mol. The van der Waals surface area contributed by atoms with Gasteiger partial charge in [0.15, 0.2) is 0 Å². The Morgan fingerprint density at radius 2 is 2.08 bits per heavy atom. The molecule has 25 heavy (non-hydrogen) atoms. The topological polar surface area (TPSA) is 91.0 Å². The molecule has 0 radical (unpaired) electrons. The Labute approximate surface area is 149 Å². The number of thiophene rings is 2. The maximum absolute atomic E-state index is 11.2. The first kappa shape index (κ1) is 15.6. The molecular weight excluding hydrogens is 360 g/mol. The molecule has 4 rings (SSSR count). The van der Waals surface area contributed by atoms with Crippen molar-refractivity contribution >= 4 is 38.7 Å². The van der Waals surface area contributed by atoms with E-state index < -0.39 is 4.92 Å². The predicted octanol–water partition coefficient (Wildman–Crippen LogP) is 4.82. The average molecular weight is 370 g/mol. The lowest BCUT2D eigenvalue weighted by Gasteiger charge is -2.08. The molecule has 0 atom stereocenters. The first-order valence-electron chi connectivity index (χ1n) is 7.20. The van der Waals surface area contributed by atoms with Crippen molar-refractivity contribution in [1.29, 1.82) is 0 Å². The molecule has 0 aliphatic carbocycles. The lowest BCUT2D eigenvalue weighted by Crippen LogP contribution is -1.98. The molecule has 4 heterocycles. The zero-order valence-corrected chi connectivity index (χ0v) is 14.5. The van der Waals surface area contributed by atoms with Crippen molar-refractivity contribution in [3.05, 3.63) is 57.2 Å². The molecule has 0 fully saturated rings. The van der Waals surface area contributed by atoms with Crippen molar-refractivity contribution in [3.63, 3.8) is 0 Å². The highest BCUT2D eigenvalue weighted by atomic mass is 32.1. The number of hydrogen-bond donors (Lipinski definition) is 0. The van der Waals surface area contributed by atoms with Gasteiger partial charge in [-0.1, -0.05) is 6.07 Å². The fourth-order valence-electron chi connectivity index (χ4n) is 2.40. The van der Waals surface area contributed by atoms with Crippen LogP contribution in [0.4, 0.5) is 5.82 Å². The number of pyridine rings is 1. The van der Waals surface area contributed by atoms with E-state index in [1.165, 1.54) is 23.6 Å². The minimum atomic E-state index is -0.575. The zero-order chi connectivity index (χ0) is 17.4. The average Bonchev–Trinajstić information content (AvgIpc) is 3.23. The van der Waals surface area contributed by atoms with E-state index in [0.717, 1.165) is 20.7 Å². The van der Waals surface area contributed by atoms with E-state index in [1.807, 2.05) is 22.9 Å². The SMILES string of the molecule is Cc1nc(Oc2cccnc2[N+](=O)[O-])c2c(-c3cccs3)csc2n1. The normalized spacial score (nSPS) is 10.9. The summed E-state index contributed by atoms with van der Waals surface area (Å²) in [6.07, 6.45) is 1.35. The largest absolute Gasteiger partial charge is 0.429 e. The summed E-state index contributed by atoms with van der Waals surface area (Å²) in [5, 5.41) is 15.9. The van der Waals surface area contributed by atoms with Crippen LogP contribution in [-0.4, -0.2) is 19.9 Å². The number of fused-ring (bicyclic) bond motifs is 1. The molecule has 0 bridgehead atoms. The third kappa shape index (κ3) is 2.83. The van der Waals surface area contributed by atoms with E-state index >= 15 is 0 Å². The number of hydrogen-bond acceptors (Lipinski definition) is 8. The zero-order valence-electron chi connectivity index (χ0n) is 12.9. The van der Waals surface area contributed by atoms with Gasteiger partial charge in [0, 0.05) is 15.8 Å². The number of nitro groups is 1. The molecule has 0 unspecified atom stereocenters. The third-order valence-corrected chi connectivity index (χ3v) is 5.20. The highest BCUT2D eigenvalue weighted by Crippen LogP contribution is 2.41. The van der Waals surface area contributed by atoms with Crippen LogP contribution in [0.3, 0.4) is 0 Å². The Balaban J connectivity index is 1.90. The molecule has 9 heteroatoms. The second-order valence-corrected chi connectivity index (χ2v) is 6.87. The molecule has 0 saturated heterocycles. The highest BCUT2D eigenvalue weighted by molar-refractivity contribution is 7.18. The number of aromatic nitrogens is 3. The van der Waals surface area contributed by atoms with Crippen LogP contribution < -0.4 is 4.74 Å². The molecule has 0 aromatic carbocycles. The van der Waals surface area contributed by atoms with E-state index in [1.54, 1.807) is 24.3 Å². The van der Waals surface area contributed by atoms with Crippen molar-refractivity contribution in [2.75, 3.05) is 0 Å². The molecule has 0 spiro atoms. The quantitative estimate of drug-likeness (QED) is 0.378. The van der Waals surface area contributed by atoms with E-state index in [-0.39, 0.29) is 11.6 Å². The van der Waals surface area contributed by atoms with Crippen LogP contribution in [0.1, 0.15) is 5.82 Å². The minimum Gasteiger partial charge on any atom is -0.429 e. The second-order valence-electron chi connectivity index (χ2n) is 5.07. The molecule has 0 N–H and O–H groups in total. The van der Waals surface area contributed by atoms with E-state index in [9.17, 15) is 10.1 Å². The summed E-state index contributed by atoms with van der Waals surface area (Å²) >= 11 is 3.09. The van der Waals surface area contributed by atoms with Crippen molar-refractivity contribution in [2.24, 2.45) is 0 Å². The van der Waals surface area contributed by atoms with Gasteiger partial charge in [-0.05, 0) is 40.4 Å². The summed E-state index contributed by atoms with van der Waals surface area (Å²) in [5.41, 5.74) is 0.955. The molecule has 0 amide bonds.